The first-order valence-corrected chi connectivity index (χ1v) is 6.27. The minimum Gasteiger partial charge on any atom is -0.480 e. The average molecular weight is 284 g/mol. The molecule has 1 unspecified atom stereocenters. The van der Waals surface area contributed by atoms with E-state index in [2.05, 4.69) is 15.7 Å². The maximum Gasteiger partial charge on any atom is 0.326 e. The van der Waals surface area contributed by atoms with Gasteiger partial charge in [0.25, 0.3) is 0 Å². The normalized spacial score (nSPS) is 11.9. The predicted molar refractivity (Wildman–Crippen MR) is 71.4 cm³/mol. The Morgan fingerprint density at radius 2 is 2.30 bits per heavy atom. The third-order valence-corrected chi connectivity index (χ3v) is 2.80. The van der Waals surface area contributed by atoms with E-state index >= 15 is 0 Å². The van der Waals surface area contributed by atoms with E-state index in [9.17, 15) is 9.59 Å². The topological polar surface area (TPSA) is 105 Å². The van der Waals surface area contributed by atoms with Crippen LogP contribution in [0, 0.1) is 0 Å². The van der Waals surface area contributed by atoms with Gasteiger partial charge in [-0.1, -0.05) is 0 Å². The van der Waals surface area contributed by atoms with Gasteiger partial charge in [0.05, 0.1) is 0 Å². The van der Waals surface area contributed by atoms with Crippen molar-refractivity contribution in [1.82, 2.24) is 20.4 Å². The van der Waals surface area contributed by atoms with E-state index in [0.29, 0.717) is 13.0 Å². The van der Waals surface area contributed by atoms with Crippen LogP contribution in [0.2, 0.25) is 0 Å². The first kappa shape index (κ1) is 16.0. The van der Waals surface area contributed by atoms with Gasteiger partial charge in [0, 0.05) is 52.0 Å². The predicted octanol–water partition coefficient (Wildman–Crippen LogP) is -0.248. The fraction of sp³-hybridized carbons (Fsp3) is 0.583. The van der Waals surface area contributed by atoms with E-state index < -0.39 is 18.0 Å². The Bertz CT molecular complexity index is 446. The molecule has 0 bridgehead atoms. The van der Waals surface area contributed by atoms with Crippen molar-refractivity contribution in [3.05, 3.63) is 18.0 Å². The molecule has 0 radical (unpaired) electrons. The molecule has 0 aliphatic heterocycles. The molecule has 2 amide bonds. The number of amides is 2. The summed E-state index contributed by atoms with van der Waals surface area (Å²) in [5.74, 6) is -1.08. The van der Waals surface area contributed by atoms with Crippen LogP contribution in [-0.4, -0.2) is 53.2 Å². The molecule has 0 fully saturated rings. The molecule has 8 nitrogen and oxygen atoms in total. The summed E-state index contributed by atoms with van der Waals surface area (Å²) in [7, 11) is 3.30. The lowest BCUT2D eigenvalue weighted by Crippen LogP contribution is -2.46. The Morgan fingerprint density at radius 1 is 1.55 bits per heavy atom. The van der Waals surface area contributed by atoms with Gasteiger partial charge in [-0.2, -0.15) is 5.10 Å². The summed E-state index contributed by atoms with van der Waals surface area (Å²) < 4.78 is 6.52. The number of aromatic nitrogens is 2. The molecule has 1 heterocycles. The van der Waals surface area contributed by atoms with E-state index in [1.807, 2.05) is 13.1 Å². The Morgan fingerprint density at radius 3 is 2.85 bits per heavy atom. The SMILES string of the molecule is COCCC(NC(=O)NCCc1ccnn1C)C(=O)O. The zero-order valence-corrected chi connectivity index (χ0v) is 11.6. The van der Waals surface area contributed by atoms with Crippen LogP contribution in [0.25, 0.3) is 0 Å². The van der Waals surface area contributed by atoms with E-state index in [1.54, 1.807) is 10.9 Å². The smallest absolute Gasteiger partial charge is 0.326 e. The minimum atomic E-state index is -1.08. The van der Waals surface area contributed by atoms with Crippen LogP contribution in [0.1, 0.15) is 12.1 Å². The summed E-state index contributed by atoms with van der Waals surface area (Å²) in [4.78, 5) is 22.5. The highest BCUT2D eigenvalue weighted by atomic mass is 16.5. The lowest BCUT2D eigenvalue weighted by Gasteiger charge is -2.14. The van der Waals surface area contributed by atoms with Crippen LogP contribution in [-0.2, 0) is 23.0 Å². The number of aryl methyl sites for hydroxylation is 1. The molecule has 8 heteroatoms. The molecule has 112 valence electrons. The molecule has 0 saturated carbocycles. The number of carboxylic acids is 1. The summed E-state index contributed by atoms with van der Waals surface area (Å²) in [5.41, 5.74) is 0.986. The van der Waals surface area contributed by atoms with Crippen LogP contribution < -0.4 is 10.6 Å². The van der Waals surface area contributed by atoms with Gasteiger partial charge in [0.1, 0.15) is 6.04 Å². The number of aliphatic carboxylic acids is 1. The number of methoxy groups -OCH3 is 1. The third-order valence-electron chi connectivity index (χ3n) is 2.80. The Balaban J connectivity index is 2.31. The number of ether oxygens (including phenoxy) is 1. The highest BCUT2D eigenvalue weighted by Crippen LogP contribution is 1.96. The number of urea groups is 1. The molecule has 1 aromatic rings. The third kappa shape index (κ3) is 5.27. The lowest BCUT2D eigenvalue weighted by atomic mass is 10.2. The van der Waals surface area contributed by atoms with Crippen molar-refractivity contribution in [3.8, 4) is 0 Å². The van der Waals surface area contributed by atoms with Crippen molar-refractivity contribution in [1.29, 1.82) is 0 Å². The number of nitrogens with zero attached hydrogens (tertiary/aromatic N) is 2. The second-order valence-corrected chi connectivity index (χ2v) is 4.27. The molecule has 0 aliphatic rings. The minimum absolute atomic E-state index is 0.223. The molecular weight excluding hydrogens is 264 g/mol. The van der Waals surface area contributed by atoms with Gasteiger partial charge in [-0.3, -0.25) is 4.68 Å². The number of rotatable bonds is 8. The Kier molecular flexibility index (Phi) is 6.51. The fourth-order valence-corrected chi connectivity index (χ4v) is 1.65. The second kappa shape index (κ2) is 8.16. The van der Waals surface area contributed by atoms with E-state index in [1.165, 1.54) is 7.11 Å². The van der Waals surface area contributed by atoms with E-state index in [0.717, 1.165) is 5.69 Å². The Labute approximate surface area is 117 Å². The van der Waals surface area contributed by atoms with Crippen LogP contribution in [0.4, 0.5) is 4.79 Å². The standard InChI is InChI=1S/C12H20N4O4/c1-16-9(4-7-14-16)3-6-13-12(19)15-10(11(17)18)5-8-20-2/h4,7,10H,3,5-6,8H2,1-2H3,(H,17,18)(H2,13,15,19). The summed E-state index contributed by atoms with van der Waals surface area (Å²) in [6, 6.07) is 0.403. The van der Waals surface area contributed by atoms with Gasteiger partial charge < -0.3 is 20.5 Å². The van der Waals surface area contributed by atoms with Crippen LogP contribution in [0.15, 0.2) is 12.3 Å². The molecule has 1 aromatic heterocycles. The quantitative estimate of drug-likeness (QED) is 0.610. The van der Waals surface area contributed by atoms with Crippen molar-refractivity contribution in [2.24, 2.45) is 7.05 Å². The maximum atomic E-state index is 11.6. The zero-order chi connectivity index (χ0) is 15.0. The molecule has 3 N–H and O–H groups in total. The van der Waals surface area contributed by atoms with E-state index in [-0.39, 0.29) is 13.0 Å². The first-order chi connectivity index (χ1) is 9.54. The summed E-state index contributed by atoms with van der Waals surface area (Å²) in [6.45, 7) is 0.675. The van der Waals surface area contributed by atoms with Crippen molar-refractivity contribution < 1.29 is 19.4 Å². The van der Waals surface area contributed by atoms with Gasteiger partial charge in [-0.15, -0.1) is 0 Å². The number of hydrogen-bond donors (Lipinski definition) is 3. The monoisotopic (exact) mass is 284 g/mol. The van der Waals surface area contributed by atoms with Crippen LogP contribution in [0.3, 0.4) is 0 Å². The van der Waals surface area contributed by atoms with Gasteiger partial charge in [-0.05, 0) is 6.07 Å². The summed E-state index contributed by atoms with van der Waals surface area (Å²) in [6.07, 6.45) is 2.53. The number of hydrogen-bond acceptors (Lipinski definition) is 4. The fourth-order valence-electron chi connectivity index (χ4n) is 1.65. The number of carboxylic acid groups (broad SMARTS) is 1. The highest BCUT2D eigenvalue weighted by molar-refractivity contribution is 5.82. The van der Waals surface area contributed by atoms with Gasteiger partial charge in [-0.25, -0.2) is 9.59 Å². The number of nitrogens with one attached hydrogen (secondary N) is 2. The molecule has 1 atom stereocenters. The second-order valence-electron chi connectivity index (χ2n) is 4.27. The molecule has 20 heavy (non-hydrogen) atoms. The van der Waals surface area contributed by atoms with Crippen LogP contribution >= 0.6 is 0 Å². The highest BCUT2D eigenvalue weighted by Gasteiger charge is 2.19. The van der Waals surface area contributed by atoms with Gasteiger partial charge >= 0.3 is 12.0 Å². The summed E-state index contributed by atoms with van der Waals surface area (Å²) >= 11 is 0. The molecule has 0 saturated heterocycles. The molecule has 0 aromatic carbocycles. The molecule has 1 rings (SSSR count). The van der Waals surface area contributed by atoms with Gasteiger partial charge in [0.2, 0.25) is 0 Å². The van der Waals surface area contributed by atoms with Crippen molar-refractivity contribution in [3.63, 3.8) is 0 Å². The lowest BCUT2D eigenvalue weighted by molar-refractivity contribution is -0.139. The van der Waals surface area contributed by atoms with Crippen LogP contribution in [0.5, 0.6) is 0 Å². The number of carbonyl (C=O) groups excluding carboxylic acids is 1. The van der Waals surface area contributed by atoms with Crippen molar-refractivity contribution >= 4 is 12.0 Å². The van der Waals surface area contributed by atoms with Gasteiger partial charge in [0.15, 0.2) is 0 Å². The number of carbonyl (C=O) groups is 2. The molecular formula is C12H20N4O4. The maximum absolute atomic E-state index is 11.6. The largest absolute Gasteiger partial charge is 0.480 e. The molecule has 0 aliphatic carbocycles. The van der Waals surface area contributed by atoms with Crippen molar-refractivity contribution in [2.75, 3.05) is 20.3 Å². The summed E-state index contributed by atoms with van der Waals surface area (Å²) in [5, 5.41) is 18.0. The average Bonchev–Trinajstić information content (AvgIpc) is 2.80. The first-order valence-electron chi connectivity index (χ1n) is 6.27. The molecule has 0 spiro atoms. The Hall–Kier alpha value is -2.09. The van der Waals surface area contributed by atoms with Crippen molar-refractivity contribution in [2.45, 2.75) is 18.9 Å². The zero-order valence-electron chi connectivity index (χ0n) is 11.6. The van der Waals surface area contributed by atoms with E-state index in [4.69, 9.17) is 9.84 Å².